The largest absolute Gasteiger partial charge is 0.342 e. The Bertz CT molecular complexity index is 236. The van der Waals surface area contributed by atoms with Gasteiger partial charge in [0.2, 0.25) is 5.91 Å². The maximum Gasteiger partial charge on any atom is 0.239 e. The summed E-state index contributed by atoms with van der Waals surface area (Å²) in [5.74, 6) is 5.96. The summed E-state index contributed by atoms with van der Waals surface area (Å²) in [6.07, 6.45) is 0.798. The van der Waals surface area contributed by atoms with Gasteiger partial charge in [-0.3, -0.25) is 4.79 Å². The lowest BCUT2D eigenvalue weighted by Gasteiger charge is -2.23. The molecule has 0 aromatic rings. The van der Waals surface area contributed by atoms with E-state index in [1.165, 1.54) is 0 Å². The Labute approximate surface area is 93.2 Å². The molecule has 1 N–H and O–H groups in total. The minimum absolute atomic E-state index is 0.108. The van der Waals surface area contributed by atoms with Crippen LogP contribution in [0.15, 0.2) is 0 Å². The summed E-state index contributed by atoms with van der Waals surface area (Å²) in [6, 6.07) is -0.108. The van der Waals surface area contributed by atoms with Gasteiger partial charge in [-0.05, 0) is 27.7 Å². The number of carbonyl (C=O) groups excluding carboxylic acids is 1. The van der Waals surface area contributed by atoms with Gasteiger partial charge in [0.05, 0.1) is 6.04 Å². The van der Waals surface area contributed by atoms with Crippen molar-refractivity contribution in [2.24, 2.45) is 0 Å². The summed E-state index contributed by atoms with van der Waals surface area (Å²) >= 11 is 0. The average molecular weight is 210 g/mol. The fourth-order valence-electron chi connectivity index (χ4n) is 1.37. The van der Waals surface area contributed by atoms with E-state index in [9.17, 15) is 4.79 Å². The van der Waals surface area contributed by atoms with Crippen molar-refractivity contribution in [1.29, 1.82) is 0 Å². The first-order chi connectivity index (χ1) is 7.17. The summed E-state index contributed by atoms with van der Waals surface area (Å²) in [7, 11) is 0. The van der Waals surface area contributed by atoms with Crippen LogP contribution in [0, 0.1) is 11.8 Å². The van der Waals surface area contributed by atoms with Crippen LogP contribution < -0.4 is 5.32 Å². The molecule has 1 unspecified atom stereocenters. The van der Waals surface area contributed by atoms with Crippen LogP contribution in [0.5, 0.6) is 0 Å². The minimum Gasteiger partial charge on any atom is -0.342 e. The zero-order valence-electron chi connectivity index (χ0n) is 10.3. The number of amides is 1. The first kappa shape index (κ1) is 14.0. The molecule has 0 aromatic carbocycles. The fraction of sp³-hybridized carbons (Fsp3) is 0.750. The van der Waals surface area contributed by atoms with E-state index in [0.717, 1.165) is 26.1 Å². The van der Waals surface area contributed by atoms with Crippen LogP contribution >= 0.6 is 0 Å². The molecule has 0 spiro atoms. The molecule has 0 rings (SSSR count). The second-order valence-electron chi connectivity index (χ2n) is 3.36. The van der Waals surface area contributed by atoms with Crippen molar-refractivity contribution in [2.75, 3.05) is 19.6 Å². The van der Waals surface area contributed by atoms with E-state index >= 15 is 0 Å². The number of likely N-dealkylation sites (N-methyl/N-ethyl adjacent to an activating group) is 1. The zero-order valence-corrected chi connectivity index (χ0v) is 10.3. The van der Waals surface area contributed by atoms with Crippen LogP contribution in [-0.4, -0.2) is 36.5 Å². The standard InChI is InChI=1S/C12H22N2O/c1-5-8-9-10-13-11(4)12(15)14(6-2)7-3/h11,13H,6-7,9-10H2,1-4H3. The smallest absolute Gasteiger partial charge is 0.239 e. The maximum atomic E-state index is 11.8. The van der Waals surface area contributed by atoms with Crippen LogP contribution in [0.2, 0.25) is 0 Å². The summed E-state index contributed by atoms with van der Waals surface area (Å²) in [5, 5.41) is 3.17. The second-order valence-corrected chi connectivity index (χ2v) is 3.36. The van der Waals surface area contributed by atoms with Gasteiger partial charge in [-0.1, -0.05) is 0 Å². The highest BCUT2D eigenvalue weighted by Crippen LogP contribution is 1.94. The molecule has 0 aliphatic carbocycles. The quantitative estimate of drug-likeness (QED) is 0.528. The molecule has 0 saturated heterocycles. The van der Waals surface area contributed by atoms with Crippen molar-refractivity contribution in [3.8, 4) is 11.8 Å². The molecule has 86 valence electrons. The molecule has 0 aliphatic heterocycles. The van der Waals surface area contributed by atoms with E-state index in [-0.39, 0.29) is 11.9 Å². The van der Waals surface area contributed by atoms with Crippen LogP contribution in [0.4, 0.5) is 0 Å². The minimum atomic E-state index is -0.108. The van der Waals surface area contributed by atoms with Crippen molar-refractivity contribution in [2.45, 2.75) is 40.2 Å². The SMILES string of the molecule is CC#CCCNC(C)C(=O)N(CC)CC. The van der Waals surface area contributed by atoms with Crippen LogP contribution in [-0.2, 0) is 4.79 Å². The Morgan fingerprint density at radius 2 is 2.00 bits per heavy atom. The van der Waals surface area contributed by atoms with Gasteiger partial charge in [-0.2, -0.15) is 0 Å². The second kappa shape index (κ2) is 8.31. The zero-order chi connectivity index (χ0) is 11.7. The Morgan fingerprint density at radius 3 is 2.47 bits per heavy atom. The Hall–Kier alpha value is -1.01. The van der Waals surface area contributed by atoms with Crippen LogP contribution in [0.25, 0.3) is 0 Å². The lowest BCUT2D eigenvalue weighted by atomic mass is 10.2. The molecule has 0 aliphatic rings. The van der Waals surface area contributed by atoms with Crippen molar-refractivity contribution in [3.05, 3.63) is 0 Å². The number of nitrogens with one attached hydrogen (secondary N) is 1. The topological polar surface area (TPSA) is 32.3 Å². The molecule has 3 heteroatoms. The number of nitrogens with zero attached hydrogens (tertiary/aromatic N) is 1. The molecule has 3 nitrogen and oxygen atoms in total. The first-order valence-electron chi connectivity index (χ1n) is 5.59. The van der Waals surface area contributed by atoms with Gasteiger partial charge in [-0.15, -0.1) is 11.8 Å². The summed E-state index contributed by atoms with van der Waals surface area (Å²) < 4.78 is 0. The van der Waals surface area contributed by atoms with Crippen LogP contribution in [0.1, 0.15) is 34.1 Å². The van der Waals surface area contributed by atoms with Gasteiger partial charge in [-0.25, -0.2) is 0 Å². The monoisotopic (exact) mass is 210 g/mol. The lowest BCUT2D eigenvalue weighted by Crippen LogP contribution is -2.44. The van der Waals surface area contributed by atoms with E-state index in [1.807, 2.05) is 32.6 Å². The highest BCUT2D eigenvalue weighted by molar-refractivity contribution is 5.81. The van der Waals surface area contributed by atoms with Crippen molar-refractivity contribution < 1.29 is 4.79 Å². The highest BCUT2D eigenvalue weighted by atomic mass is 16.2. The van der Waals surface area contributed by atoms with Gasteiger partial charge in [0.15, 0.2) is 0 Å². The third-order valence-electron chi connectivity index (χ3n) is 2.32. The average Bonchev–Trinajstić information content (AvgIpc) is 2.25. The Balaban J connectivity index is 3.90. The molecule has 1 atom stereocenters. The Morgan fingerprint density at radius 1 is 1.40 bits per heavy atom. The molecule has 0 fully saturated rings. The fourth-order valence-corrected chi connectivity index (χ4v) is 1.37. The molecule has 0 bridgehead atoms. The number of carbonyl (C=O) groups is 1. The third-order valence-corrected chi connectivity index (χ3v) is 2.32. The number of hydrogen-bond donors (Lipinski definition) is 1. The molecule has 15 heavy (non-hydrogen) atoms. The predicted molar refractivity (Wildman–Crippen MR) is 63.5 cm³/mol. The molecular formula is C12H22N2O. The van der Waals surface area contributed by atoms with Gasteiger partial charge in [0, 0.05) is 26.1 Å². The normalized spacial score (nSPS) is 11.5. The Kier molecular flexibility index (Phi) is 7.75. The molecule has 0 saturated carbocycles. The molecule has 0 heterocycles. The molecule has 0 aromatic heterocycles. The van der Waals surface area contributed by atoms with Crippen molar-refractivity contribution in [3.63, 3.8) is 0 Å². The molecular weight excluding hydrogens is 188 g/mol. The molecule has 1 amide bonds. The first-order valence-corrected chi connectivity index (χ1v) is 5.59. The lowest BCUT2D eigenvalue weighted by molar-refractivity contribution is -0.132. The van der Waals surface area contributed by atoms with E-state index < -0.39 is 0 Å². The summed E-state index contributed by atoms with van der Waals surface area (Å²) in [6.45, 7) is 10.0. The van der Waals surface area contributed by atoms with Gasteiger partial charge < -0.3 is 10.2 Å². The van der Waals surface area contributed by atoms with Crippen molar-refractivity contribution >= 4 is 5.91 Å². The van der Waals surface area contributed by atoms with E-state index in [2.05, 4.69) is 17.2 Å². The van der Waals surface area contributed by atoms with E-state index in [1.54, 1.807) is 0 Å². The van der Waals surface area contributed by atoms with Gasteiger partial charge >= 0.3 is 0 Å². The summed E-state index contributed by atoms with van der Waals surface area (Å²) in [5.41, 5.74) is 0. The van der Waals surface area contributed by atoms with Crippen molar-refractivity contribution in [1.82, 2.24) is 10.2 Å². The van der Waals surface area contributed by atoms with E-state index in [4.69, 9.17) is 0 Å². The summed E-state index contributed by atoms with van der Waals surface area (Å²) in [4.78, 5) is 13.6. The van der Waals surface area contributed by atoms with E-state index in [0.29, 0.717) is 0 Å². The molecule has 0 radical (unpaired) electrons. The van der Waals surface area contributed by atoms with Gasteiger partial charge in [0.25, 0.3) is 0 Å². The number of hydrogen-bond acceptors (Lipinski definition) is 2. The predicted octanol–water partition coefficient (Wildman–Crippen LogP) is 1.25. The third kappa shape index (κ3) is 5.44. The maximum absolute atomic E-state index is 11.8. The van der Waals surface area contributed by atoms with Crippen LogP contribution in [0.3, 0.4) is 0 Å². The highest BCUT2D eigenvalue weighted by Gasteiger charge is 2.16. The van der Waals surface area contributed by atoms with Gasteiger partial charge in [0.1, 0.15) is 0 Å². The number of rotatable bonds is 6.